The molecule has 3 heteroatoms. The lowest BCUT2D eigenvalue weighted by Gasteiger charge is -2.02. The molecule has 0 bridgehead atoms. The largest absolute Gasteiger partial charge is 0.294 e. The van der Waals surface area contributed by atoms with E-state index in [4.69, 9.17) is 0 Å². The molecule has 0 spiro atoms. The van der Waals surface area contributed by atoms with E-state index in [0.717, 1.165) is 19.2 Å². The van der Waals surface area contributed by atoms with E-state index in [2.05, 4.69) is 38.5 Å². The number of Topliss-reactive ketones (excluding diaryl/α,β-unsaturated/α-hetero) is 1. The summed E-state index contributed by atoms with van der Waals surface area (Å²) < 4.78 is 2.12. The van der Waals surface area contributed by atoms with Crippen LogP contribution in [0.1, 0.15) is 15.9 Å². The van der Waals surface area contributed by atoms with Crippen LogP contribution in [0.3, 0.4) is 0 Å². The van der Waals surface area contributed by atoms with Crippen LogP contribution in [0.2, 0.25) is 0 Å². The summed E-state index contributed by atoms with van der Waals surface area (Å²) in [6, 6.07) is 15.5. The Balaban J connectivity index is 2.14. The zero-order valence-corrected chi connectivity index (χ0v) is 12.7. The van der Waals surface area contributed by atoms with E-state index in [1.54, 1.807) is 0 Å². The fraction of sp³-hybridized carbons (Fsp3) is 0.0714. The van der Waals surface area contributed by atoms with Gasteiger partial charge in [-0.25, -0.2) is 0 Å². The number of carbonyl (C=O) groups is 1. The summed E-state index contributed by atoms with van der Waals surface area (Å²) in [6.07, 6.45) is 0.452. The summed E-state index contributed by atoms with van der Waals surface area (Å²) >= 11 is 5.60. The molecule has 0 saturated heterocycles. The van der Waals surface area contributed by atoms with Crippen LogP contribution in [-0.2, 0) is 6.42 Å². The van der Waals surface area contributed by atoms with Crippen LogP contribution < -0.4 is 0 Å². The lowest BCUT2D eigenvalue weighted by molar-refractivity contribution is 0.0993. The molecule has 0 heterocycles. The van der Waals surface area contributed by atoms with Crippen molar-refractivity contribution in [3.05, 3.63) is 67.7 Å². The van der Waals surface area contributed by atoms with Crippen molar-refractivity contribution in [2.75, 3.05) is 0 Å². The molecule has 0 aliphatic rings. The molecule has 0 radical (unpaired) electrons. The van der Waals surface area contributed by atoms with Crippen LogP contribution in [0.25, 0.3) is 0 Å². The van der Waals surface area contributed by atoms with Crippen LogP contribution >= 0.6 is 38.5 Å². The van der Waals surface area contributed by atoms with E-state index < -0.39 is 0 Å². The molecule has 86 valence electrons. The van der Waals surface area contributed by atoms with E-state index in [-0.39, 0.29) is 5.78 Å². The summed E-state index contributed by atoms with van der Waals surface area (Å²) in [4.78, 5) is 12.0. The first-order valence-corrected chi connectivity index (χ1v) is 7.05. The molecule has 0 aliphatic carbocycles. The van der Waals surface area contributed by atoms with Gasteiger partial charge in [-0.15, -0.1) is 0 Å². The maximum absolute atomic E-state index is 12.0. The highest BCUT2D eigenvalue weighted by Gasteiger charge is 2.07. The van der Waals surface area contributed by atoms with Gasteiger partial charge in [0, 0.05) is 20.0 Å². The molecule has 2 aromatic carbocycles. The van der Waals surface area contributed by atoms with E-state index in [0.29, 0.717) is 6.42 Å². The molecular weight excluding hydrogens is 391 g/mol. The molecule has 0 aromatic heterocycles. The summed E-state index contributed by atoms with van der Waals surface area (Å²) in [7, 11) is 0. The van der Waals surface area contributed by atoms with Crippen LogP contribution in [0.5, 0.6) is 0 Å². The quantitative estimate of drug-likeness (QED) is 0.548. The number of hydrogen-bond donors (Lipinski definition) is 0. The first-order chi connectivity index (χ1) is 8.15. The summed E-state index contributed by atoms with van der Waals surface area (Å²) in [5.74, 6) is 0.158. The average molecular weight is 401 g/mol. The van der Waals surface area contributed by atoms with Gasteiger partial charge in [-0.3, -0.25) is 4.79 Å². The van der Waals surface area contributed by atoms with Gasteiger partial charge in [-0.05, 0) is 52.4 Å². The Morgan fingerprint density at radius 2 is 1.82 bits per heavy atom. The van der Waals surface area contributed by atoms with E-state index in [9.17, 15) is 4.79 Å². The molecule has 0 N–H and O–H groups in total. The van der Waals surface area contributed by atoms with Gasteiger partial charge in [0.1, 0.15) is 0 Å². The zero-order valence-electron chi connectivity index (χ0n) is 8.99. The second-order valence-corrected chi connectivity index (χ2v) is 5.90. The van der Waals surface area contributed by atoms with Crippen molar-refractivity contribution in [3.8, 4) is 0 Å². The van der Waals surface area contributed by atoms with E-state index in [1.807, 2.05) is 48.5 Å². The van der Waals surface area contributed by atoms with Gasteiger partial charge in [0.05, 0.1) is 0 Å². The van der Waals surface area contributed by atoms with Gasteiger partial charge in [0.2, 0.25) is 0 Å². The molecule has 2 aromatic rings. The zero-order chi connectivity index (χ0) is 12.3. The molecule has 0 aliphatic heterocycles. The van der Waals surface area contributed by atoms with Crippen molar-refractivity contribution in [3.63, 3.8) is 0 Å². The van der Waals surface area contributed by atoms with Gasteiger partial charge >= 0.3 is 0 Å². The smallest absolute Gasteiger partial charge is 0.167 e. The third kappa shape index (κ3) is 3.64. The molecular formula is C14H10BrIO. The summed E-state index contributed by atoms with van der Waals surface area (Å²) in [6.45, 7) is 0. The SMILES string of the molecule is O=C(Cc1ccc(Br)cc1)c1cccc(I)c1. The van der Waals surface area contributed by atoms with E-state index in [1.165, 1.54) is 0 Å². The van der Waals surface area contributed by atoms with Crippen molar-refractivity contribution in [2.45, 2.75) is 6.42 Å². The molecule has 0 amide bonds. The molecule has 0 saturated carbocycles. The Hall–Kier alpha value is -0.680. The number of hydrogen-bond acceptors (Lipinski definition) is 1. The van der Waals surface area contributed by atoms with Gasteiger partial charge in [0.25, 0.3) is 0 Å². The number of halogens is 2. The Labute approximate surface area is 123 Å². The van der Waals surface area contributed by atoms with E-state index >= 15 is 0 Å². The molecule has 0 unspecified atom stereocenters. The monoisotopic (exact) mass is 400 g/mol. The van der Waals surface area contributed by atoms with Gasteiger partial charge in [0.15, 0.2) is 5.78 Å². The predicted molar refractivity (Wildman–Crippen MR) is 81.3 cm³/mol. The van der Waals surface area contributed by atoms with Crippen molar-refractivity contribution in [2.24, 2.45) is 0 Å². The molecule has 17 heavy (non-hydrogen) atoms. The highest BCUT2D eigenvalue weighted by Crippen LogP contribution is 2.14. The number of benzene rings is 2. The van der Waals surface area contributed by atoms with Crippen LogP contribution in [0.4, 0.5) is 0 Å². The fourth-order valence-electron chi connectivity index (χ4n) is 1.55. The number of rotatable bonds is 3. The summed E-state index contributed by atoms with van der Waals surface area (Å²) in [5, 5.41) is 0. The van der Waals surface area contributed by atoms with Crippen molar-refractivity contribution >= 4 is 44.3 Å². The van der Waals surface area contributed by atoms with Gasteiger partial charge < -0.3 is 0 Å². The third-order valence-corrected chi connectivity index (χ3v) is 3.62. The Morgan fingerprint density at radius 1 is 1.12 bits per heavy atom. The van der Waals surface area contributed by atoms with Gasteiger partial charge in [-0.2, -0.15) is 0 Å². The maximum Gasteiger partial charge on any atom is 0.167 e. The van der Waals surface area contributed by atoms with Crippen LogP contribution in [0, 0.1) is 3.57 Å². The lowest BCUT2D eigenvalue weighted by Crippen LogP contribution is -2.03. The highest BCUT2D eigenvalue weighted by molar-refractivity contribution is 14.1. The van der Waals surface area contributed by atoms with Crippen LogP contribution in [-0.4, -0.2) is 5.78 Å². The average Bonchev–Trinajstić information content (AvgIpc) is 2.32. The number of ketones is 1. The Morgan fingerprint density at radius 3 is 2.47 bits per heavy atom. The molecule has 1 nitrogen and oxygen atoms in total. The first-order valence-electron chi connectivity index (χ1n) is 5.18. The minimum absolute atomic E-state index is 0.158. The summed E-state index contributed by atoms with van der Waals surface area (Å²) in [5.41, 5.74) is 1.82. The van der Waals surface area contributed by atoms with Crippen molar-refractivity contribution < 1.29 is 4.79 Å². The van der Waals surface area contributed by atoms with Crippen molar-refractivity contribution in [1.82, 2.24) is 0 Å². The predicted octanol–water partition coefficient (Wildman–Crippen LogP) is 4.48. The Kier molecular flexibility index (Phi) is 4.34. The number of carbonyl (C=O) groups excluding carboxylic acids is 1. The highest BCUT2D eigenvalue weighted by atomic mass is 127. The second-order valence-electron chi connectivity index (χ2n) is 3.74. The molecule has 0 atom stereocenters. The van der Waals surface area contributed by atoms with Gasteiger partial charge in [-0.1, -0.05) is 40.2 Å². The minimum Gasteiger partial charge on any atom is -0.294 e. The maximum atomic E-state index is 12.0. The normalized spacial score (nSPS) is 10.2. The third-order valence-electron chi connectivity index (χ3n) is 2.42. The fourth-order valence-corrected chi connectivity index (χ4v) is 2.36. The minimum atomic E-state index is 0.158. The molecule has 2 rings (SSSR count). The topological polar surface area (TPSA) is 17.1 Å². The lowest BCUT2D eigenvalue weighted by atomic mass is 10.0. The van der Waals surface area contributed by atoms with Crippen LogP contribution in [0.15, 0.2) is 53.0 Å². The molecule has 0 fully saturated rings. The van der Waals surface area contributed by atoms with Crippen molar-refractivity contribution in [1.29, 1.82) is 0 Å². The second kappa shape index (κ2) is 5.78. The Bertz CT molecular complexity index is 534. The first kappa shape index (κ1) is 12.8. The standard InChI is InChI=1S/C14H10BrIO/c15-12-6-4-10(5-7-12)8-14(17)11-2-1-3-13(16)9-11/h1-7,9H,8H2.